The molecular formula is C24H20BrF3N2O4. The van der Waals surface area contributed by atoms with Gasteiger partial charge in [0.1, 0.15) is 0 Å². The summed E-state index contributed by atoms with van der Waals surface area (Å²) in [5, 5.41) is 11.4. The van der Waals surface area contributed by atoms with Gasteiger partial charge in [0.15, 0.2) is 11.5 Å². The Labute approximate surface area is 202 Å². The number of aliphatic imine (C=N–C) groups is 1. The average molecular weight is 537 g/mol. The summed E-state index contributed by atoms with van der Waals surface area (Å²) in [6.45, 7) is 6.00. The van der Waals surface area contributed by atoms with Gasteiger partial charge in [-0.15, -0.1) is 0 Å². The van der Waals surface area contributed by atoms with Crippen molar-refractivity contribution in [2.45, 2.75) is 26.9 Å². The van der Waals surface area contributed by atoms with Crippen molar-refractivity contribution in [1.82, 2.24) is 0 Å². The predicted molar refractivity (Wildman–Crippen MR) is 127 cm³/mol. The smallest absolute Gasteiger partial charge is 0.416 e. The van der Waals surface area contributed by atoms with Crippen molar-refractivity contribution >= 4 is 33.5 Å². The first kappa shape index (κ1) is 25.2. The minimum atomic E-state index is -4.72. The summed E-state index contributed by atoms with van der Waals surface area (Å²) < 4.78 is 50.7. The predicted octanol–water partition coefficient (Wildman–Crippen LogP) is 7.93. The van der Waals surface area contributed by atoms with E-state index >= 15 is 0 Å². The van der Waals surface area contributed by atoms with Crippen LogP contribution in [0, 0.1) is 24.0 Å². The minimum Gasteiger partial charge on any atom is -0.490 e. The number of hydrogen-bond donors (Lipinski definition) is 0. The Kier molecular flexibility index (Phi) is 7.61. The summed E-state index contributed by atoms with van der Waals surface area (Å²) in [5.74, 6) is -0.0168. The Morgan fingerprint density at radius 1 is 1.06 bits per heavy atom. The van der Waals surface area contributed by atoms with Crippen molar-refractivity contribution in [3.8, 4) is 17.2 Å². The number of rotatable bonds is 7. The lowest BCUT2D eigenvalue weighted by Gasteiger charge is -2.15. The largest absolute Gasteiger partial charge is 0.490 e. The molecule has 0 aliphatic carbocycles. The van der Waals surface area contributed by atoms with Crippen LogP contribution in [0.15, 0.2) is 58.0 Å². The fraction of sp³-hybridized carbons (Fsp3) is 0.208. The Bertz CT molecular complexity index is 1260. The van der Waals surface area contributed by atoms with Crippen LogP contribution in [0.5, 0.6) is 17.2 Å². The molecule has 0 unspecified atom stereocenters. The van der Waals surface area contributed by atoms with Crippen molar-refractivity contribution in [3.05, 3.63) is 85.4 Å². The lowest BCUT2D eigenvalue weighted by molar-refractivity contribution is -0.385. The van der Waals surface area contributed by atoms with Crippen molar-refractivity contribution < 1.29 is 27.6 Å². The fourth-order valence-corrected chi connectivity index (χ4v) is 3.55. The van der Waals surface area contributed by atoms with E-state index in [4.69, 9.17) is 9.47 Å². The third-order valence-electron chi connectivity index (χ3n) is 4.88. The van der Waals surface area contributed by atoms with Crippen LogP contribution < -0.4 is 9.47 Å². The molecule has 0 aromatic heterocycles. The molecule has 178 valence electrons. The molecular weight excluding hydrogens is 517 g/mol. The van der Waals surface area contributed by atoms with Crippen LogP contribution in [-0.4, -0.2) is 17.7 Å². The van der Waals surface area contributed by atoms with Gasteiger partial charge in [-0.25, -0.2) is 0 Å². The van der Waals surface area contributed by atoms with Crippen LogP contribution >= 0.6 is 15.9 Å². The average Bonchev–Trinajstić information content (AvgIpc) is 2.76. The molecule has 0 bridgehead atoms. The third kappa shape index (κ3) is 5.93. The lowest BCUT2D eigenvalue weighted by Crippen LogP contribution is -2.06. The number of nitrogens with zero attached hydrogens (tertiary/aromatic N) is 2. The molecule has 0 amide bonds. The monoisotopic (exact) mass is 536 g/mol. The lowest BCUT2D eigenvalue weighted by atomic mass is 10.1. The summed E-state index contributed by atoms with van der Waals surface area (Å²) in [4.78, 5) is 14.9. The summed E-state index contributed by atoms with van der Waals surface area (Å²) >= 11 is 3.36. The van der Waals surface area contributed by atoms with Gasteiger partial charge in [0.2, 0.25) is 5.75 Å². The van der Waals surface area contributed by atoms with E-state index in [-0.39, 0.29) is 23.9 Å². The van der Waals surface area contributed by atoms with E-state index in [1.54, 1.807) is 25.3 Å². The zero-order valence-electron chi connectivity index (χ0n) is 18.4. The zero-order valence-corrected chi connectivity index (χ0v) is 20.0. The molecule has 3 aromatic carbocycles. The topological polar surface area (TPSA) is 74.0 Å². The number of nitro groups is 1. The number of alkyl halides is 3. The van der Waals surface area contributed by atoms with Gasteiger partial charge in [-0.1, -0.05) is 6.07 Å². The van der Waals surface area contributed by atoms with E-state index in [9.17, 15) is 23.3 Å². The van der Waals surface area contributed by atoms with Gasteiger partial charge in [0.05, 0.1) is 27.3 Å². The number of aryl methyl sites for hydroxylation is 2. The second-order valence-electron chi connectivity index (χ2n) is 7.33. The summed E-state index contributed by atoms with van der Waals surface area (Å²) in [6.07, 6.45) is -3.10. The maximum atomic E-state index is 13.0. The second-order valence-corrected chi connectivity index (χ2v) is 8.18. The molecule has 0 heterocycles. The van der Waals surface area contributed by atoms with Gasteiger partial charge in [0, 0.05) is 12.3 Å². The Balaban J connectivity index is 1.98. The number of nitro benzene ring substituents is 1. The molecule has 0 fully saturated rings. The fourth-order valence-electron chi connectivity index (χ4n) is 3.01. The van der Waals surface area contributed by atoms with Crippen LogP contribution in [0.4, 0.5) is 24.5 Å². The first-order valence-electron chi connectivity index (χ1n) is 10.1. The standard InChI is InChI=1S/C24H20BrF3N2O4/c1-4-33-22-11-16(13-29-18-7-5-14(2)15(3)9-18)10-19(25)23(22)34-21-8-6-17(24(26,27)28)12-20(21)30(31)32/h5-13H,4H2,1-3H3. The molecule has 0 aliphatic heterocycles. The Hall–Kier alpha value is -3.40. The van der Waals surface area contributed by atoms with Crippen LogP contribution in [0.2, 0.25) is 0 Å². The highest BCUT2D eigenvalue weighted by molar-refractivity contribution is 9.10. The van der Waals surface area contributed by atoms with Crippen LogP contribution in [0.3, 0.4) is 0 Å². The van der Waals surface area contributed by atoms with E-state index < -0.39 is 22.4 Å². The zero-order chi connectivity index (χ0) is 25.0. The van der Waals surface area contributed by atoms with Crippen molar-refractivity contribution in [3.63, 3.8) is 0 Å². The van der Waals surface area contributed by atoms with Crippen LogP contribution in [0.1, 0.15) is 29.2 Å². The highest BCUT2D eigenvalue weighted by atomic mass is 79.9. The molecule has 6 nitrogen and oxygen atoms in total. The molecule has 0 spiro atoms. The summed E-state index contributed by atoms with van der Waals surface area (Å²) in [6, 6.07) is 11.2. The summed E-state index contributed by atoms with van der Waals surface area (Å²) in [5.41, 5.74) is 1.71. The molecule has 10 heteroatoms. The molecule has 0 atom stereocenters. The SMILES string of the molecule is CCOc1cc(C=Nc2ccc(C)c(C)c2)cc(Br)c1Oc1ccc(C(F)(F)F)cc1[N+](=O)[O-]. The van der Waals surface area contributed by atoms with Gasteiger partial charge in [-0.05, 0) is 89.8 Å². The minimum absolute atomic E-state index is 0.0908. The van der Waals surface area contributed by atoms with Crippen LogP contribution in [0.25, 0.3) is 0 Å². The van der Waals surface area contributed by atoms with E-state index in [1.807, 2.05) is 32.0 Å². The highest BCUT2D eigenvalue weighted by Crippen LogP contribution is 2.43. The maximum absolute atomic E-state index is 13.0. The number of hydrogen-bond acceptors (Lipinski definition) is 5. The quantitative estimate of drug-likeness (QED) is 0.174. The van der Waals surface area contributed by atoms with Gasteiger partial charge < -0.3 is 9.47 Å². The normalized spacial score (nSPS) is 11.6. The van der Waals surface area contributed by atoms with Gasteiger partial charge >= 0.3 is 11.9 Å². The van der Waals surface area contributed by atoms with Gasteiger partial charge in [-0.3, -0.25) is 15.1 Å². The Morgan fingerprint density at radius 3 is 2.41 bits per heavy atom. The molecule has 0 saturated heterocycles. The van der Waals surface area contributed by atoms with Crippen molar-refractivity contribution in [1.29, 1.82) is 0 Å². The van der Waals surface area contributed by atoms with Crippen molar-refractivity contribution in [2.75, 3.05) is 6.61 Å². The maximum Gasteiger partial charge on any atom is 0.416 e. The van der Waals surface area contributed by atoms with E-state index in [2.05, 4.69) is 20.9 Å². The second kappa shape index (κ2) is 10.3. The first-order chi connectivity index (χ1) is 16.0. The number of benzene rings is 3. The summed E-state index contributed by atoms with van der Waals surface area (Å²) in [7, 11) is 0. The van der Waals surface area contributed by atoms with Crippen molar-refractivity contribution in [2.24, 2.45) is 4.99 Å². The highest BCUT2D eigenvalue weighted by Gasteiger charge is 2.33. The number of ether oxygens (including phenoxy) is 2. The Morgan fingerprint density at radius 2 is 1.79 bits per heavy atom. The molecule has 3 aromatic rings. The molecule has 0 radical (unpaired) electrons. The first-order valence-corrected chi connectivity index (χ1v) is 10.9. The third-order valence-corrected chi connectivity index (χ3v) is 5.47. The molecule has 0 aliphatic rings. The molecule has 0 N–H and O–H groups in total. The van der Waals surface area contributed by atoms with Crippen LogP contribution in [-0.2, 0) is 6.18 Å². The van der Waals surface area contributed by atoms with E-state index in [0.29, 0.717) is 16.1 Å². The van der Waals surface area contributed by atoms with Gasteiger partial charge in [-0.2, -0.15) is 13.2 Å². The molecule has 34 heavy (non-hydrogen) atoms. The van der Waals surface area contributed by atoms with E-state index in [1.165, 1.54) is 0 Å². The van der Waals surface area contributed by atoms with E-state index in [0.717, 1.165) is 28.9 Å². The van der Waals surface area contributed by atoms with Gasteiger partial charge in [0.25, 0.3) is 0 Å². The number of halogens is 4. The molecule has 0 saturated carbocycles. The molecule has 3 rings (SSSR count).